The van der Waals surface area contributed by atoms with E-state index in [1.807, 2.05) is 43.1 Å². The molecule has 0 saturated carbocycles. The number of anilines is 3. The quantitative estimate of drug-likeness (QED) is 0.814. The number of aryl methyl sites for hydroxylation is 2. The van der Waals surface area contributed by atoms with Gasteiger partial charge in [-0.3, -0.25) is 0 Å². The average Bonchev–Trinajstić information content (AvgIpc) is 2.35. The van der Waals surface area contributed by atoms with E-state index in [1.165, 1.54) is 6.07 Å². The molecule has 0 unspecified atom stereocenters. The summed E-state index contributed by atoms with van der Waals surface area (Å²) in [6.07, 6.45) is 0. The molecule has 0 atom stereocenters. The Morgan fingerprint density at radius 3 is 2.44 bits per heavy atom. The van der Waals surface area contributed by atoms with Crippen LogP contribution in [0.5, 0.6) is 0 Å². The predicted octanol–water partition coefficient (Wildman–Crippen LogP) is 3.79. The van der Waals surface area contributed by atoms with E-state index in [0.29, 0.717) is 11.3 Å². The Balaban J connectivity index is 2.44. The summed E-state index contributed by atoms with van der Waals surface area (Å²) in [6, 6.07) is 10.9. The molecule has 0 heterocycles. The van der Waals surface area contributed by atoms with Gasteiger partial charge in [-0.15, -0.1) is 0 Å². The predicted molar refractivity (Wildman–Crippen MR) is 74.8 cm³/mol. The molecule has 2 nitrogen and oxygen atoms in total. The minimum Gasteiger partial charge on any atom is -0.397 e. The highest BCUT2D eigenvalue weighted by atomic mass is 19.1. The van der Waals surface area contributed by atoms with Crippen LogP contribution in [0.4, 0.5) is 21.5 Å². The van der Waals surface area contributed by atoms with Crippen LogP contribution in [0, 0.1) is 19.7 Å². The van der Waals surface area contributed by atoms with Crippen molar-refractivity contribution < 1.29 is 4.39 Å². The molecular formula is C15H17FN2. The van der Waals surface area contributed by atoms with Gasteiger partial charge in [-0.25, -0.2) is 4.39 Å². The van der Waals surface area contributed by atoms with Crippen LogP contribution in [0.1, 0.15) is 11.1 Å². The third-order valence-electron chi connectivity index (χ3n) is 3.08. The van der Waals surface area contributed by atoms with Gasteiger partial charge < -0.3 is 10.6 Å². The summed E-state index contributed by atoms with van der Waals surface area (Å²) in [5.74, 6) is -0.190. The van der Waals surface area contributed by atoms with E-state index >= 15 is 0 Å². The molecule has 0 aliphatic heterocycles. The molecule has 2 aromatic carbocycles. The number of nitrogen functional groups attached to an aromatic ring is 1. The van der Waals surface area contributed by atoms with E-state index in [2.05, 4.69) is 0 Å². The van der Waals surface area contributed by atoms with Crippen molar-refractivity contribution in [3.63, 3.8) is 0 Å². The van der Waals surface area contributed by atoms with E-state index in [1.54, 1.807) is 13.0 Å². The van der Waals surface area contributed by atoms with Gasteiger partial charge in [0.05, 0.1) is 11.4 Å². The first-order chi connectivity index (χ1) is 8.49. The highest BCUT2D eigenvalue weighted by Crippen LogP contribution is 2.30. The van der Waals surface area contributed by atoms with E-state index in [4.69, 9.17) is 5.73 Å². The van der Waals surface area contributed by atoms with E-state index in [0.717, 1.165) is 16.9 Å². The first-order valence-corrected chi connectivity index (χ1v) is 5.85. The van der Waals surface area contributed by atoms with Crippen LogP contribution in [0.25, 0.3) is 0 Å². The number of halogens is 1. The lowest BCUT2D eigenvalue weighted by Gasteiger charge is -2.22. The molecule has 2 aromatic rings. The van der Waals surface area contributed by atoms with E-state index < -0.39 is 0 Å². The molecule has 94 valence electrons. The molecule has 2 N–H and O–H groups in total. The van der Waals surface area contributed by atoms with Crippen LogP contribution >= 0.6 is 0 Å². The summed E-state index contributed by atoms with van der Waals surface area (Å²) in [4.78, 5) is 1.97. The fraction of sp³-hybridized carbons (Fsp3) is 0.200. The van der Waals surface area contributed by atoms with E-state index in [-0.39, 0.29) is 5.82 Å². The second-order valence-electron chi connectivity index (χ2n) is 4.55. The minimum absolute atomic E-state index is 0.190. The zero-order chi connectivity index (χ0) is 13.3. The van der Waals surface area contributed by atoms with Crippen LogP contribution in [-0.4, -0.2) is 7.05 Å². The van der Waals surface area contributed by atoms with Crippen molar-refractivity contribution >= 4 is 17.1 Å². The van der Waals surface area contributed by atoms with Gasteiger partial charge in [0.1, 0.15) is 5.82 Å². The Labute approximate surface area is 107 Å². The van der Waals surface area contributed by atoms with Gasteiger partial charge in [0.15, 0.2) is 0 Å². The van der Waals surface area contributed by atoms with Gasteiger partial charge in [-0.1, -0.05) is 6.07 Å². The first-order valence-electron chi connectivity index (χ1n) is 5.85. The number of hydrogen-bond acceptors (Lipinski definition) is 2. The van der Waals surface area contributed by atoms with Crippen LogP contribution in [0.15, 0.2) is 36.4 Å². The Bertz CT molecular complexity index is 579. The highest BCUT2D eigenvalue weighted by molar-refractivity contribution is 5.75. The molecule has 0 bridgehead atoms. The molecule has 0 aliphatic rings. The Morgan fingerprint density at radius 2 is 1.78 bits per heavy atom. The van der Waals surface area contributed by atoms with Crippen molar-refractivity contribution in [2.45, 2.75) is 13.8 Å². The Morgan fingerprint density at radius 1 is 1.06 bits per heavy atom. The van der Waals surface area contributed by atoms with Crippen LogP contribution in [0.3, 0.4) is 0 Å². The Hall–Kier alpha value is -2.03. The van der Waals surface area contributed by atoms with Crippen LogP contribution < -0.4 is 10.6 Å². The molecule has 0 aromatic heterocycles. The van der Waals surface area contributed by atoms with Gasteiger partial charge in [-0.05, 0) is 55.3 Å². The maximum Gasteiger partial charge on any atom is 0.126 e. The van der Waals surface area contributed by atoms with Crippen LogP contribution in [-0.2, 0) is 0 Å². The van der Waals surface area contributed by atoms with Gasteiger partial charge in [0, 0.05) is 12.7 Å². The molecule has 0 aliphatic carbocycles. The molecule has 18 heavy (non-hydrogen) atoms. The minimum atomic E-state index is -0.190. The topological polar surface area (TPSA) is 29.3 Å². The monoisotopic (exact) mass is 244 g/mol. The zero-order valence-electron chi connectivity index (χ0n) is 10.9. The zero-order valence-corrected chi connectivity index (χ0v) is 10.9. The molecule has 0 spiro atoms. The summed E-state index contributed by atoms with van der Waals surface area (Å²) in [7, 11) is 1.93. The molecule has 0 saturated heterocycles. The lowest BCUT2D eigenvalue weighted by atomic mass is 10.1. The number of nitrogens with two attached hydrogens (primary N) is 1. The summed E-state index contributed by atoms with van der Waals surface area (Å²) in [6.45, 7) is 3.78. The number of hydrogen-bond donors (Lipinski definition) is 1. The largest absolute Gasteiger partial charge is 0.397 e. The molecule has 0 amide bonds. The Kier molecular flexibility index (Phi) is 3.24. The van der Waals surface area contributed by atoms with Gasteiger partial charge in [-0.2, -0.15) is 0 Å². The second-order valence-corrected chi connectivity index (χ2v) is 4.55. The number of nitrogens with zero attached hydrogens (tertiary/aromatic N) is 1. The summed E-state index contributed by atoms with van der Waals surface area (Å²) in [5, 5.41) is 0. The molecule has 3 heteroatoms. The SMILES string of the molecule is Cc1ccc(N)c(N(C)c2ccc(F)c(C)c2)c1. The fourth-order valence-corrected chi connectivity index (χ4v) is 1.92. The molecule has 0 fully saturated rings. The van der Waals surface area contributed by atoms with Crippen molar-refractivity contribution in [3.05, 3.63) is 53.3 Å². The average molecular weight is 244 g/mol. The van der Waals surface area contributed by atoms with Crippen molar-refractivity contribution in [1.29, 1.82) is 0 Å². The summed E-state index contributed by atoms with van der Waals surface area (Å²) >= 11 is 0. The normalized spacial score (nSPS) is 10.4. The van der Waals surface area contributed by atoms with Crippen LogP contribution in [0.2, 0.25) is 0 Å². The third kappa shape index (κ3) is 2.30. The standard InChI is InChI=1S/C15H17FN2/c1-10-4-7-14(17)15(8-10)18(3)12-5-6-13(16)11(2)9-12/h4-9H,17H2,1-3H3. The van der Waals surface area contributed by atoms with Crippen molar-refractivity contribution in [1.82, 2.24) is 0 Å². The lowest BCUT2D eigenvalue weighted by molar-refractivity contribution is 0.618. The maximum atomic E-state index is 13.3. The maximum absolute atomic E-state index is 13.3. The molecule has 2 rings (SSSR count). The van der Waals surface area contributed by atoms with Crippen molar-refractivity contribution in [2.24, 2.45) is 0 Å². The summed E-state index contributed by atoms with van der Waals surface area (Å²) in [5.41, 5.74) is 10.3. The first kappa shape index (κ1) is 12.4. The van der Waals surface area contributed by atoms with Gasteiger partial charge >= 0.3 is 0 Å². The van der Waals surface area contributed by atoms with Gasteiger partial charge in [0.2, 0.25) is 0 Å². The smallest absolute Gasteiger partial charge is 0.126 e. The van der Waals surface area contributed by atoms with Crippen molar-refractivity contribution in [3.8, 4) is 0 Å². The molecule has 0 radical (unpaired) electrons. The molecular weight excluding hydrogens is 227 g/mol. The van der Waals surface area contributed by atoms with Gasteiger partial charge in [0.25, 0.3) is 0 Å². The highest BCUT2D eigenvalue weighted by Gasteiger charge is 2.09. The third-order valence-corrected chi connectivity index (χ3v) is 3.08. The van der Waals surface area contributed by atoms with E-state index in [9.17, 15) is 4.39 Å². The number of rotatable bonds is 2. The fourth-order valence-electron chi connectivity index (χ4n) is 1.92. The second kappa shape index (κ2) is 4.69. The summed E-state index contributed by atoms with van der Waals surface area (Å²) < 4.78 is 13.3. The number of benzene rings is 2. The lowest BCUT2D eigenvalue weighted by Crippen LogP contribution is -2.12. The van der Waals surface area contributed by atoms with Crippen molar-refractivity contribution in [2.75, 3.05) is 17.7 Å².